The molecular weight excluding hydrogens is 173 g/mol. The van der Waals surface area contributed by atoms with Gasteiger partial charge in [-0.1, -0.05) is 25.8 Å². The van der Waals surface area contributed by atoms with Crippen LogP contribution >= 0.6 is 0 Å². The van der Waals surface area contributed by atoms with Crippen molar-refractivity contribution in [2.75, 3.05) is 0 Å². The molecule has 14 heavy (non-hydrogen) atoms. The van der Waals surface area contributed by atoms with Gasteiger partial charge in [0.2, 0.25) is 0 Å². The number of carbonyl (C=O) groups is 1. The van der Waals surface area contributed by atoms with Crippen LogP contribution in [-0.2, 0) is 4.74 Å². The Morgan fingerprint density at radius 2 is 1.79 bits per heavy atom. The molecule has 1 amide bonds. The molecule has 1 atom stereocenters. The van der Waals surface area contributed by atoms with Crippen molar-refractivity contribution in [3.05, 3.63) is 6.92 Å². The van der Waals surface area contributed by atoms with E-state index in [-0.39, 0.29) is 24.9 Å². The number of amides is 1. The Morgan fingerprint density at radius 3 is 2.07 bits per heavy atom. The van der Waals surface area contributed by atoms with E-state index in [2.05, 4.69) is 12.2 Å². The van der Waals surface area contributed by atoms with Gasteiger partial charge in [-0.3, -0.25) is 0 Å². The molecule has 0 rings (SSSR count). The van der Waals surface area contributed by atoms with E-state index < -0.39 is 11.7 Å². The molecule has 0 radical (unpaired) electrons. The van der Waals surface area contributed by atoms with Crippen molar-refractivity contribution in [3.8, 4) is 0 Å². The molecule has 0 heterocycles. The maximum atomic E-state index is 11.2. The summed E-state index contributed by atoms with van der Waals surface area (Å²) >= 11 is 0. The molecule has 0 spiro atoms. The van der Waals surface area contributed by atoms with Gasteiger partial charge in [-0.25, -0.2) is 4.79 Å². The molecule has 0 aliphatic carbocycles. The smallest absolute Gasteiger partial charge is 0.444 e. The molecule has 0 aliphatic heterocycles. The third kappa shape index (κ3) is 8.46. The van der Waals surface area contributed by atoms with Gasteiger partial charge in [0.25, 0.3) is 0 Å². The zero-order chi connectivity index (χ0) is 10.6. The Labute approximate surface area is 99.1 Å². The first-order chi connectivity index (χ1) is 5.72. The molecule has 3 nitrogen and oxygen atoms in total. The molecule has 0 bridgehead atoms. The number of nitrogens with one attached hydrogen (secondary N) is 1. The quantitative estimate of drug-likeness (QED) is 0.468. The maximum Gasteiger partial charge on any atom is 1.00 e. The van der Waals surface area contributed by atoms with Crippen LogP contribution in [-0.4, -0.2) is 17.7 Å². The molecule has 0 unspecified atom stereocenters. The number of hydrogen-bond acceptors (Lipinski definition) is 2. The number of rotatable bonds is 2. The average Bonchev–Trinajstić information content (AvgIpc) is 1.81. The van der Waals surface area contributed by atoms with Gasteiger partial charge < -0.3 is 17.0 Å². The van der Waals surface area contributed by atoms with E-state index in [9.17, 15) is 4.79 Å². The second kappa shape index (κ2) is 6.37. The van der Waals surface area contributed by atoms with Crippen LogP contribution in [0.2, 0.25) is 0 Å². The number of ether oxygens (including phenoxy) is 1. The summed E-state index contributed by atoms with van der Waals surface area (Å²) in [4.78, 5) is 11.2. The second-order valence-corrected chi connectivity index (χ2v) is 4.50. The largest absolute Gasteiger partial charge is 1.00 e. The molecule has 0 saturated carbocycles. The van der Waals surface area contributed by atoms with Crippen molar-refractivity contribution in [2.24, 2.45) is 5.92 Å². The summed E-state index contributed by atoms with van der Waals surface area (Å²) in [5, 5.41) is 2.66. The third-order valence-electron chi connectivity index (χ3n) is 1.51. The fraction of sp³-hybridized carbons (Fsp3) is 0.800. The predicted molar refractivity (Wildman–Crippen MR) is 53.4 cm³/mol. The standard InChI is InChI=1S/C10H20NO2.Li/c1-7(2)8(3)11-9(12)13-10(4,5)6;/h7-8H,3H2,1-2,4-6H3,(H,11,12);/q-1;+1/t8-;/m1./s1. The first kappa shape index (κ1) is 16.3. The Kier molecular flexibility index (Phi) is 7.42. The average molecular weight is 193 g/mol. The Morgan fingerprint density at radius 1 is 1.36 bits per heavy atom. The monoisotopic (exact) mass is 193 g/mol. The molecule has 1 N–H and O–H groups in total. The molecule has 0 aromatic rings. The molecule has 0 fully saturated rings. The summed E-state index contributed by atoms with van der Waals surface area (Å²) in [6.07, 6.45) is -0.402. The van der Waals surface area contributed by atoms with Crippen molar-refractivity contribution in [3.63, 3.8) is 0 Å². The molecule has 0 aromatic carbocycles. The number of hydrogen-bond donors (Lipinski definition) is 1. The summed E-state index contributed by atoms with van der Waals surface area (Å²) < 4.78 is 5.07. The van der Waals surface area contributed by atoms with Gasteiger partial charge in [-0.05, 0) is 20.8 Å². The van der Waals surface area contributed by atoms with Crippen LogP contribution < -0.4 is 24.2 Å². The fourth-order valence-electron chi connectivity index (χ4n) is 0.626. The Bertz CT molecular complexity index is 175. The summed E-state index contributed by atoms with van der Waals surface area (Å²) in [5.41, 5.74) is -0.444. The van der Waals surface area contributed by atoms with Crippen LogP contribution in [0.1, 0.15) is 34.6 Å². The normalized spacial score (nSPS) is 13.1. The van der Waals surface area contributed by atoms with Gasteiger partial charge in [-0.2, -0.15) is 0 Å². The minimum atomic E-state index is -0.444. The van der Waals surface area contributed by atoms with Crippen molar-refractivity contribution < 1.29 is 28.4 Å². The van der Waals surface area contributed by atoms with E-state index in [0.29, 0.717) is 5.92 Å². The van der Waals surface area contributed by atoms with Crippen molar-refractivity contribution >= 4 is 6.09 Å². The fourth-order valence-corrected chi connectivity index (χ4v) is 0.626. The van der Waals surface area contributed by atoms with Gasteiger partial charge in [0, 0.05) is 0 Å². The van der Waals surface area contributed by atoms with Gasteiger partial charge in [0.05, 0.1) is 0 Å². The van der Waals surface area contributed by atoms with Crippen molar-refractivity contribution in [1.82, 2.24) is 5.32 Å². The van der Waals surface area contributed by atoms with E-state index in [1.807, 2.05) is 34.6 Å². The minimum absolute atomic E-state index is 0. The van der Waals surface area contributed by atoms with Crippen LogP contribution in [0.5, 0.6) is 0 Å². The number of alkyl carbamates (subject to hydrolysis) is 1. The summed E-state index contributed by atoms with van der Waals surface area (Å²) in [6.45, 7) is 13.3. The summed E-state index contributed by atoms with van der Waals surface area (Å²) in [7, 11) is 0. The molecule has 4 heteroatoms. The zero-order valence-electron chi connectivity index (χ0n) is 10.2. The maximum absolute atomic E-state index is 11.2. The van der Waals surface area contributed by atoms with Crippen molar-refractivity contribution in [1.29, 1.82) is 0 Å². The van der Waals surface area contributed by atoms with E-state index >= 15 is 0 Å². The molecule has 0 saturated heterocycles. The SMILES string of the molecule is [CH2-][C@@H](NC(=O)OC(C)(C)C)C(C)C.[Li+]. The molecular formula is C10H20LiNO2. The molecule has 78 valence electrons. The van der Waals surface area contributed by atoms with E-state index in [1.54, 1.807) is 0 Å². The first-order valence-corrected chi connectivity index (χ1v) is 4.55. The van der Waals surface area contributed by atoms with Crippen molar-refractivity contribution in [2.45, 2.75) is 46.3 Å². The Hall–Kier alpha value is -0.133. The number of carbonyl (C=O) groups excluding carboxylic acids is 1. The van der Waals surface area contributed by atoms with E-state index in [0.717, 1.165) is 0 Å². The van der Waals surface area contributed by atoms with Crippen LogP contribution in [0, 0.1) is 12.8 Å². The third-order valence-corrected chi connectivity index (χ3v) is 1.51. The Balaban J connectivity index is 0. The van der Waals surface area contributed by atoms with Crippen LogP contribution in [0.15, 0.2) is 0 Å². The first-order valence-electron chi connectivity index (χ1n) is 4.55. The van der Waals surface area contributed by atoms with Gasteiger partial charge >= 0.3 is 25.0 Å². The van der Waals surface area contributed by atoms with Gasteiger partial charge in [0.1, 0.15) is 5.60 Å². The summed E-state index contributed by atoms with van der Waals surface area (Å²) in [5.74, 6) is 0.313. The second-order valence-electron chi connectivity index (χ2n) is 4.50. The van der Waals surface area contributed by atoms with E-state index in [1.165, 1.54) is 0 Å². The van der Waals surface area contributed by atoms with Gasteiger partial charge in [-0.15, -0.1) is 0 Å². The van der Waals surface area contributed by atoms with Crippen LogP contribution in [0.3, 0.4) is 0 Å². The van der Waals surface area contributed by atoms with Crippen LogP contribution in [0.25, 0.3) is 0 Å². The topological polar surface area (TPSA) is 38.3 Å². The predicted octanol–water partition coefficient (Wildman–Crippen LogP) is -0.626. The molecule has 0 aliphatic rings. The molecule has 0 aromatic heterocycles. The van der Waals surface area contributed by atoms with E-state index in [4.69, 9.17) is 4.74 Å². The zero-order valence-corrected chi connectivity index (χ0v) is 10.2. The minimum Gasteiger partial charge on any atom is -0.444 e. The van der Waals surface area contributed by atoms with Gasteiger partial charge in [0.15, 0.2) is 0 Å². The summed E-state index contributed by atoms with van der Waals surface area (Å²) in [6, 6.07) is -0.102. The van der Waals surface area contributed by atoms with Crippen LogP contribution in [0.4, 0.5) is 4.79 Å².